The molecule has 0 radical (unpaired) electrons. The molecule has 172 valence electrons. The Labute approximate surface area is 190 Å². The Morgan fingerprint density at radius 1 is 0.939 bits per heavy atom. The number of rotatable bonds is 7. The van der Waals surface area contributed by atoms with E-state index in [1.165, 1.54) is 75.2 Å². The largest absolute Gasteiger partial charge is 0.494 e. The second kappa shape index (κ2) is 9.96. The zero-order valence-electron chi connectivity index (χ0n) is 17.9. The summed E-state index contributed by atoms with van der Waals surface area (Å²) in [5, 5.41) is 0. The number of nitrogens with zero attached hydrogens (tertiary/aromatic N) is 3. The third kappa shape index (κ3) is 5.18. The molecule has 0 amide bonds. The normalized spacial score (nSPS) is 13.4. The number of hydrogen-bond donors (Lipinski definition) is 1. The van der Waals surface area contributed by atoms with Crippen LogP contribution in [0, 0.1) is 0 Å². The van der Waals surface area contributed by atoms with Gasteiger partial charge < -0.3 is 19.1 Å². The van der Waals surface area contributed by atoms with Gasteiger partial charge in [0.15, 0.2) is 5.75 Å². The van der Waals surface area contributed by atoms with E-state index in [2.05, 4.69) is 14.7 Å². The molecule has 0 fully saturated rings. The lowest BCUT2D eigenvalue weighted by atomic mass is 10.1. The molecule has 0 saturated carbocycles. The Morgan fingerprint density at radius 2 is 1.58 bits per heavy atom. The first-order chi connectivity index (χ1) is 15.8. The lowest BCUT2D eigenvalue weighted by molar-refractivity contribution is -0.139. The van der Waals surface area contributed by atoms with E-state index in [0.29, 0.717) is 11.4 Å². The Kier molecular flexibility index (Phi) is 7.08. The number of hydrogen-bond acceptors (Lipinski definition) is 10. The van der Waals surface area contributed by atoms with Gasteiger partial charge in [-0.3, -0.25) is 0 Å². The van der Waals surface area contributed by atoms with Crippen molar-refractivity contribution >= 4 is 33.6 Å². The third-order valence-corrected chi connectivity index (χ3v) is 5.75. The quantitative estimate of drug-likeness (QED) is 0.594. The molecule has 0 saturated heterocycles. The first-order valence-electron chi connectivity index (χ1n) is 9.34. The summed E-state index contributed by atoms with van der Waals surface area (Å²) >= 11 is 0. The van der Waals surface area contributed by atoms with Gasteiger partial charge in [0.1, 0.15) is 5.70 Å². The molecule has 2 heterocycles. The standard InChI is InChI=1S/C21H20N4O7S/c1-30-15-12-22-21(23-13-15)24-33(28,29)16-9-7-14(8-10-16)25-11-5-4-6-17(19(26)31-2)18(25)20(27)32-3/h4-13H,1-3H3,(H,22,23,24). The van der Waals surface area contributed by atoms with Gasteiger partial charge in [0.05, 0.1) is 44.2 Å². The number of allylic oxidation sites excluding steroid dienone is 2. The van der Waals surface area contributed by atoms with Gasteiger partial charge >= 0.3 is 11.9 Å². The first kappa shape index (κ1) is 23.5. The topological polar surface area (TPSA) is 137 Å². The minimum atomic E-state index is -3.99. The highest BCUT2D eigenvalue weighted by Gasteiger charge is 2.27. The van der Waals surface area contributed by atoms with Crippen LogP contribution in [-0.4, -0.2) is 51.7 Å². The van der Waals surface area contributed by atoms with E-state index in [9.17, 15) is 18.0 Å². The molecule has 11 nitrogen and oxygen atoms in total. The maximum atomic E-state index is 12.7. The van der Waals surface area contributed by atoms with Crippen molar-refractivity contribution in [2.75, 3.05) is 31.0 Å². The van der Waals surface area contributed by atoms with Crippen LogP contribution >= 0.6 is 0 Å². The SMILES string of the molecule is COC(=O)C1=C(C(=O)OC)N(c2ccc(S(=O)(=O)Nc3ncc(OC)cn3)cc2)C=CC=C1. The number of ether oxygens (including phenoxy) is 3. The highest BCUT2D eigenvalue weighted by molar-refractivity contribution is 7.92. The number of methoxy groups -OCH3 is 3. The summed E-state index contributed by atoms with van der Waals surface area (Å²) in [6.45, 7) is 0. The number of carbonyl (C=O) groups excluding carboxylic acids is 2. The van der Waals surface area contributed by atoms with E-state index >= 15 is 0 Å². The molecule has 0 unspecified atom stereocenters. The average Bonchev–Trinajstić information content (AvgIpc) is 3.06. The second-order valence-electron chi connectivity index (χ2n) is 6.36. The molecule has 1 N–H and O–H groups in total. The summed E-state index contributed by atoms with van der Waals surface area (Å²) in [4.78, 5) is 33.8. The van der Waals surface area contributed by atoms with Gasteiger partial charge in [-0.2, -0.15) is 0 Å². The molecular formula is C21H20N4O7S. The van der Waals surface area contributed by atoms with E-state index in [1.807, 2.05) is 0 Å². The van der Waals surface area contributed by atoms with Crippen LogP contribution in [0.5, 0.6) is 5.75 Å². The summed E-state index contributed by atoms with van der Waals surface area (Å²) in [6, 6.07) is 5.61. The van der Waals surface area contributed by atoms with Crippen molar-refractivity contribution in [1.29, 1.82) is 0 Å². The Balaban J connectivity index is 1.94. The number of benzene rings is 1. The fourth-order valence-electron chi connectivity index (χ4n) is 2.80. The highest BCUT2D eigenvalue weighted by Crippen LogP contribution is 2.27. The van der Waals surface area contributed by atoms with Gasteiger partial charge in [0, 0.05) is 11.9 Å². The number of aromatic nitrogens is 2. The fourth-order valence-corrected chi connectivity index (χ4v) is 3.76. The maximum Gasteiger partial charge on any atom is 0.355 e. The molecule has 0 spiro atoms. The average molecular weight is 472 g/mol. The van der Waals surface area contributed by atoms with Crippen LogP contribution in [0.3, 0.4) is 0 Å². The Morgan fingerprint density at radius 3 is 2.15 bits per heavy atom. The molecule has 1 aromatic carbocycles. The summed E-state index contributed by atoms with van der Waals surface area (Å²) in [7, 11) is -0.175. The van der Waals surface area contributed by atoms with Crippen molar-refractivity contribution in [3.05, 3.63) is 72.4 Å². The van der Waals surface area contributed by atoms with Gasteiger partial charge in [-0.1, -0.05) is 6.08 Å². The smallest absolute Gasteiger partial charge is 0.355 e. The molecular weight excluding hydrogens is 452 g/mol. The zero-order chi connectivity index (χ0) is 24.0. The van der Waals surface area contributed by atoms with Crippen molar-refractivity contribution in [2.45, 2.75) is 4.90 Å². The summed E-state index contributed by atoms with van der Waals surface area (Å²) in [6.07, 6.45) is 8.77. The third-order valence-electron chi connectivity index (χ3n) is 4.40. The molecule has 12 heteroatoms. The number of anilines is 2. The van der Waals surface area contributed by atoms with Crippen LogP contribution in [0.25, 0.3) is 0 Å². The molecule has 1 aliphatic heterocycles. The van der Waals surface area contributed by atoms with Gasteiger partial charge in [-0.05, 0) is 36.4 Å². The van der Waals surface area contributed by atoms with Gasteiger partial charge in [-0.15, -0.1) is 0 Å². The van der Waals surface area contributed by atoms with E-state index in [1.54, 1.807) is 12.2 Å². The number of nitrogens with one attached hydrogen (secondary N) is 1. The van der Waals surface area contributed by atoms with Crippen molar-refractivity contribution in [3.8, 4) is 5.75 Å². The lowest BCUT2D eigenvalue weighted by Crippen LogP contribution is -2.27. The summed E-state index contributed by atoms with van der Waals surface area (Å²) in [5.74, 6) is -1.26. The number of sulfonamides is 1. The van der Waals surface area contributed by atoms with Crippen LogP contribution in [-0.2, 0) is 29.1 Å². The Bertz CT molecular complexity index is 1230. The summed E-state index contributed by atoms with van der Waals surface area (Å²) < 4.78 is 42.2. The molecule has 3 rings (SSSR count). The molecule has 0 bridgehead atoms. The summed E-state index contributed by atoms with van der Waals surface area (Å²) in [5.41, 5.74) is 0.287. The first-order valence-corrected chi connectivity index (χ1v) is 10.8. The van der Waals surface area contributed by atoms with Gasteiger partial charge in [-0.25, -0.2) is 32.7 Å². The second-order valence-corrected chi connectivity index (χ2v) is 8.04. The Hall–Kier alpha value is -4.19. The molecule has 0 aliphatic carbocycles. The number of carbonyl (C=O) groups is 2. The molecule has 1 aliphatic rings. The predicted octanol–water partition coefficient (Wildman–Crippen LogP) is 1.78. The van der Waals surface area contributed by atoms with Crippen LogP contribution in [0.2, 0.25) is 0 Å². The molecule has 33 heavy (non-hydrogen) atoms. The van der Waals surface area contributed by atoms with E-state index in [-0.39, 0.29) is 22.1 Å². The van der Waals surface area contributed by atoms with Crippen LogP contribution in [0.4, 0.5) is 11.6 Å². The highest BCUT2D eigenvalue weighted by atomic mass is 32.2. The van der Waals surface area contributed by atoms with Gasteiger partial charge in [0.2, 0.25) is 5.95 Å². The number of esters is 2. The van der Waals surface area contributed by atoms with Crippen LogP contribution in [0.15, 0.2) is 77.3 Å². The molecule has 2 aromatic rings. The van der Waals surface area contributed by atoms with Crippen molar-refractivity contribution < 1.29 is 32.2 Å². The van der Waals surface area contributed by atoms with Crippen LogP contribution < -0.4 is 14.4 Å². The minimum absolute atomic E-state index is 0.0237. The monoisotopic (exact) mass is 472 g/mol. The maximum absolute atomic E-state index is 12.7. The van der Waals surface area contributed by atoms with E-state index in [0.717, 1.165) is 0 Å². The lowest BCUT2D eigenvalue weighted by Gasteiger charge is -2.23. The molecule has 0 atom stereocenters. The minimum Gasteiger partial charge on any atom is -0.494 e. The molecule has 1 aromatic heterocycles. The van der Waals surface area contributed by atoms with Crippen LogP contribution in [0.1, 0.15) is 0 Å². The zero-order valence-corrected chi connectivity index (χ0v) is 18.7. The van der Waals surface area contributed by atoms with Gasteiger partial charge in [0.25, 0.3) is 10.0 Å². The predicted molar refractivity (Wildman–Crippen MR) is 118 cm³/mol. The van der Waals surface area contributed by atoms with Crippen molar-refractivity contribution in [2.24, 2.45) is 0 Å². The van der Waals surface area contributed by atoms with Crippen molar-refractivity contribution in [3.63, 3.8) is 0 Å². The van der Waals surface area contributed by atoms with E-state index < -0.39 is 22.0 Å². The fraction of sp³-hybridized carbons (Fsp3) is 0.143. The van der Waals surface area contributed by atoms with E-state index in [4.69, 9.17) is 14.2 Å². The van der Waals surface area contributed by atoms with Crippen molar-refractivity contribution in [1.82, 2.24) is 9.97 Å².